The molecule has 10 heteroatoms. The van der Waals surface area contributed by atoms with Gasteiger partial charge in [-0.1, -0.05) is 29.8 Å². The SMILES string of the molecule is COc1ccccc1N1CCN(S(=O)(=O)c2ccc(NS(=O)(=O)c3c(C)cc(C)cc3C)cc2)CC1. The van der Waals surface area contributed by atoms with E-state index in [1.165, 1.54) is 28.6 Å². The largest absolute Gasteiger partial charge is 0.495 e. The Balaban J connectivity index is 1.47. The Morgan fingerprint density at radius 3 is 1.97 bits per heavy atom. The van der Waals surface area contributed by atoms with E-state index < -0.39 is 20.0 Å². The number of sulfonamides is 2. The predicted octanol–water partition coefficient (Wildman–Crippen LogP) is 3.93. The van der Waals surface area contributed by atoms with Crippen molar-refractivity contribution in [2.75, 3.05) is 42.9 Å². The lowest BCUT2D eigenvalue weighted by molar-refractivity contribution is 0.378. The molecule has 1 aliphatic heterocycles. The van der Waals surface area contributed by atoms with Crippen molar-refractivity contribution in [3.8, 4) is 5.75 Å². The summed E-state index contributed by atoms with van der Waals surface area (Å²) in [5.74, 6) is 0.753. The average molecular weight is 530 g/mol. The van der Waals surface area contributed by atoms with Gasteiger partial charge in [-0.3, -0.25) is 4.72 Å². The summed E-state index contributed by atoms with van der Waals surface area (Å²) in [5.41, 5.74) is 3.54. The molecule has 0 aromatic heterocycles. The molecule has 192 valence electrons. The maximum Gasteiger partial charge on any atom is 0.262 e. The van der Waals surface area contributed by atoms with Crippen molar-refractivity contribution in [3.05, 3.63) is 77.4 Å². The van der Waals surface area contributed by atoms with Crippen LogP contribution in [0.4, 0.5) is 11.4 Å². The third-order valence-corrected chi connectivity index (χ3v) is 9.88. The number of benzene rings is 3. The summed E-state index contributed by atoms with van der Waals surface area (Å²) >= 11 is 0. The predicted molar refractivity (Wildman–Crippen MR) is 142 cm³/mol. The van der Waals surface area contributed by atoms with E-state index in [4.69, 9.17) is 4.74 Å². The minimum absolute atomic E-state index is 0.124. The highest BCUT2D eigenvalue weighted by molar-refractivity contribution is 7.92. The van der Waals surface area contributed by atoms with Crippen LogP contribution in [0.1, 0.15) is 16.7 Å². The molecule has 0 saturated carbocycles. The second-order valence-corrected chi connectivity index (χ2v) is 12.5. The van der Waals surface area contributed by atoms with Crippen LogP contribution in [-0.4, -0.2) is 54.4 Å². The normalized spacial score (nSPS) is 15.1. The standard InChI is InChI=1S/C26H31N3O5S2/c1-19-17-20(2)26(21(3)18-19)35(30,31)27-22-9-11-23(12-10-22)36(32,33)29-15-13-28(14-16-29)24-7-5-6-8-25(24)34-4/h5-12,17-18,27H,13-16H2,1-4H3. The maximum absolute atomic E-state index is 13.2. The highest BCUT2D eigenvalue weighted by Gasteiger charge is 2.29. The number of hydrogen-bond acceptors (Lipinski definition) is 6. The number of hydrogen-bond donors (Lipinski definition) is 1. The molecule has 3 aromatic rings. The number of aryl methyl sites for hydroxylation is 3. The van der Waals surface area contributed by atoms with E-state index in [0.29, 0.717) is 43.0 Å². The fourth-order valence-electron chi connectivity index (χ4n) is 4.70. The Labute approximate surface area is 213 Å². The van der Waals surface area contributed by atoms with Gasteiger partial charge in [-0.05, 0) is 68.3 Å². The van der Waals surface area contributed by atoms with E-state index in [-0.39, 0.29) is 9.79 Å². The van der Waals surface area contributed by atoms with Crippen LogP contribution in [0.2, 0.25) is 0 Å². The Bertz CT molecular complexity index is 1440. The smallest absolute Gasteiger partial charge is 0.262 e. The van der Waals surface area contributed by atoms with Gasteiger partial charge in [0.1, 0.15) is 5.75 Å². The molecule has 4 rings (SSSR count). The number of piperazine rings is 1. The summed E-state index contributed by atoms with van der Waals surface area (Å²) < 4.78 is 62.0. The van der Waals surface area contributed by atoms with Crippen molar-refractivity contribution < 1.29 is 21.6 Å². The van der Waals surface area contributed by atoms with E-state index >= 15 is 0 Å². The molecule has 0 atom stereocenters. The number of anilines is 2. The Morgan fingerprint density at radius 1 is 0.806 bits per heavy atom. The van der Waals surface area contributed by atoms with E-state index in [1.807, 2.05) is 43.3 Å². The lowest BCUT2D eigenvalue weighted by atomic mass is 10.1. The van der Waals surface area contributed by atoms with E-state index in [2.05, 4.69) is 9.62 Å². The van der Waals surface area contributed by atoms with Crippen LogP contribution in [0, 0.1) is 20.8 Å². The minimum Gasteiger partial charge on any atom is -0.495 e. The van der Waals surface area contributed by atoms with Gasteiger partial charge in [0.05, 0.1) is 22.6 Å². The van der Waals surface area contributed by atoms with Crippen LogP contribution in [0.5, 0.6) is 5.75 Å². The number of nitrogens with zero attached hydrogens (tertiary/aromatic N) is 2. The number of para-hydroxylation sites is 2. The molecular formula is C26H31N3O5S2. The molecule has 1 aliphatic rings. The zero-order valence-electron chi connectivity index (χ0n) is 20.9. The molecule has 1 fully saturated rings. The van der Waals surface area contributed by atoms with Gasteiger partial charge in [0, 0.05) is 31.9 Å². The molecule has 1 saturated heterocycles. The van der Waals surface area contributed by atoms with Crippen LogP contribution in [-0.2, 0) is 20.0 Å². The molecule has 0 amide bonds. The minimum atomic E-state index is -3.82. The number of ether oxygens (including phenoxy) is 1. The zero-order chi connectivity index (χ0) is 26.1. The molecule has 1 N–H and O–H groups in total. The van der Waals surface area contributed by atoms with Gasteiger partial charge >= 0.3 is 0 Å². The molecule has 0 aliphatic carbocycles. The van der Waals surface area contributed by atoms with E-state index in [9.17, 15) is 16.8 Å². The van der Waals surface area contributed by atoms with Crippen molar-refractivity contribution in [1.29, 1.82) is 0 Å². The lowest BCUT2D eigenvalue weighted by Crippen LogP contribution is -2.48. The number of nitrogens with one attached hydrogen (secondary N) is 1. The second-order valence-electron chi connectivity index (χ2n) is 8.92. The van der Waals surface area contributed by atoms with E-state index in [0.717, 1.165) is 17.0 Å². The number of rotatable bonds is 7. The van der Waals surface area contributed by atoms with Gasteiger partial charge in [0.2, 0.25) is 10.0 Å². The highest BCUT2D eigenvalue weighted by atomic mass is 32.2. The maximum atomic E-state index is 13.2. The van der Waals surface area contributed by atoms with Gasteiger partial charge in [-0.15, -0.1) is 0 Å². The third-order valence-electron chi connectivity index (χ3n) is 6.28. The quantitative estimate of drug-likeness (QED) is 0.498. The summed E-state index contributed by atoms with van der Waals surface area (Å²) in [5, 5.41) is 0. The van der Waals surface area contributed by atoms with Crippen molar-refractivity contribution in [1.82, 2.24) is 4.31 Å². The molecule has 8 nitrogen and oxygen atoms in total. The molecule has 0 spiro atoms. The van der Waals surface area contributed by atoms with Gasteiger partial charge in [-0.2, -0.15) is 4.31 Å². The van der Waals surface area contributed by atoms with Crippen molar-refractivity contribution in [3.63, 3.8) is 0 Å². The first-order chi connectivity index (χ1) is 17.0. The molecule has 0 unspecified atom stereocenters. The molecule has 3 aromatic carbocycles. The summed E-state index contributed by atoms with van der Waals surface area (Å²) in [7, 11) is -5.92. The van der Waals surface area contributed by atoms with Crippen LogP contribution in [0.15, 0.2) is 70.5 Å². The van der Waals surface area contributed by atoms with Crippen molar-refractivity contribution in [2.45, 2.75) is 30.6 Å². The van der Waals surface area contributed by atoms with Gasteiger partial charge in [0.25, 0.3) is 10.0 Å². The van der Waals surface area contributed by atoms with Crippen LogP contribution in [0.25, 0.3) is 0 Å². The third kappa shape index (κ3) is 5.21. The first kappa shape index (κ1) is 26.0. The first-order valence-electron chi connectivity index (χ1n) is 11.6. The Kier molecular flexibility index (Phi) is 7.31. The molecule has 1 heterocycles. The molecule has 36 heavy (non-hydrogen) atoms. The summed E-state index contributed by atoms with van der Waals surface area (Å²) in [6, 6.07) is 17.2. The second kappa shape index (κ2) is 10.1. The number of methoxy groups -OCH3 is 1. The molecule has 0 radical (unpaired) electrons. The Morgan fingerprint density at radius 2 is 1.39 bits per heavy atom. The van der Waals surface area contributed by atoms with Gasteiger partial charge in [0.15, 0.2) is 0 Å². The van der Waals surface area contributed by atoms with Gasteiger partial charge < -0.3 is 9.64 Å². The van der Waals surface area contributed by atoms with Crippen LogP contribution < -0.4 is 14.4 Å². The van der Waals surface area contributed by atoms with Crippen molar-refractivity contribution in [2.24, 2.45) is 0 Å². The first-order valence-corrected chi connectivity index (χ1v) is 14.5. The van der Waals surface area contributed by atoms with Crippen LogP contribution in [0.3, 0.4) is 0 Å². The van der Waals surface area contributed by atoms with Gasteiger partial charge in [-0.25, -0.2) is 16.8 Å². The summed E-state index contributed by atoms with van der Waals surface area (Å²) in [6.07, 6.45) is 0. The summed E-state index contributed by atoms with van der Waals surface area (Å²) in [4.78, 5) is 2.47. The van der Waals surface area contributed by atoms with Crippen molar-refractivity contribution >= 4 is 31.4 Å². The topological polar surface area (TPSA) is 96.0 Å². The fourth-order valence-corrected chi connectivity index (χ4v) is 7.64. The lowest BCUT2D eigenvalue weighted by Gasteiger charge is -2.35. The molecular weight excluding hydrogens is 498 g/mol. The molecule has 0 bridgehead atoms. The Hall–Kier alpha value is -3.08. The van der Waals surface area contributed by atoms with E-state index in [1.54, 1.807) is 21.0 Å². The monoisotopic (exact) mass is 529 g/mol. The average Bonchev–Trinajstić information content (AvgIpc) is 2.83. The van der Waals surface area contributed by atoms with Crippen LogP contribution >= 0.6 is 0 Å². The highest BCUT2D eigenvalue weighted by Crippen LogP contribution is 2.30. The fraction of sp³-hybridized carbons (Fsp3) is 0.308. The summed E-state index contributed by atoms with van der Waals surface area (Å²) in [6.45, 7) is 7.18. The zero-order valence-corrected chi connectivity index (χ0v) is 22.5.